The van der Waals surface area contributed by atoms with E-state index in [9.17, 15) is 0 Å². The minimum absolute atomic E-state index is 0.338. The van der Waals surface area contributed by atoms with E-state index in [1.54, 1.807) is 6.07 Å². The van der Waals surface area contributed by atoms with Gasteiger partial charge in [-0.15, -0.1) is 0 Å². The van der Waals surface area contributed by atoms with Crippen LogP contribution in [0.3, 0.4) is 0 Å². The lowest BCUT2D eigenvalue weighted by Gasteiger charge is -2.00. The van der Waals surface area contributed by atoms with Crippen molar-refractivity contribution in [3.63, 3.8) is 0 Å². The molecule has 0 spiro atoms. The Morgan fingerprint density at radius 2 is 2.14 bits per heavy atom. The molecule has 0 aliphatic rings. The zero-order valence-corrected chi connectivity index (χ0v) is 9.30. The van der Waals surface area contributed by atoms with E-state index in [4.69, 9.17) is 16.9 Å². The average molecular weight is 268 g/mol. The average Bonchev–Trinajstić information content (AvgIpc) is 2.19. The Morgan fingerprint density at radius 1 is 1.36 bits per heavy atom. The number of hydrogen-bond donors (Lipinski definition) is 0. The Bertz CT molecular complexity index is 546. The third-order valence-electron chi connectivity index (χ3n) is 1.86. The van der Waals surface area contributed by atoms with Crippen molar-refractivity contribution in [1.29, 1.82) is 5.26 Å². The fourth-order valence-electron chi connectivity index (χ4n) is 1.24. The first-order chi connectivity index (χ1) is 6.70. The summed E-state index contributed by atoms with van der Waals surface area (Å²) in [5, 5.41) is 10.8. The lowest BCUT2D eigenvalue weighted by molar-refractivity contribution is 1.29. The van der Waals surface area contributed by atoms with Crippen LogP contribution in [0, 0.1) is 11.3 Å². The summed E-state index contributed by atoms with van der Waals surface area (Å²) in [6.45, 7) is 0. The Kier molecular flexibility index (Phi) is 2.40. The number of halogens is 2. The van der Waals surface area contributed by atoms with Crippen LogP contribution in [0.25, 0.3) is 10.8 Å². The molecule has 1 aromatic carbocycles. The van der Waals surface area contributed by atoms with Crippen LogP contribution in [0.5, 0.6) is 0 Å². The SMILES string of the molecule is N#Cc1cc2ccc(Br)cc2c(Cl)n1. The van der Waals surface area contributed by atoms with Gasteiger partial charge < -0.3 is 0 Å². The van der Waals surface area contributed by atoms with E-state index in [0.717, 1.165) is 15.2 Å². The van der Waals surface area contributed by atoms with Gasteiger partial charge in [0.1, 0.15) is 16.9 Å². The maximum absolute atomic E-state index is 8.70. The summed E-state index contributed by atoms with van der Waals surface area (Å²) in [6, 6.07) is 9.36. The fourth-order valence-corrected chi connectivity index (χ4v) is 1.85. The molecule has 0 aliphatic heterocycles. The van der Waals surface area contributed by atoms with Crippen LogP contribution in [-0.4, -0.2) is 4.98 Å². The molecule has 4 heteroatoms. The molecule has 1 heterocycles. The molecule has 2 aromatic rings. The van der Waals surface area contributed by atoms with E-state index in [0.29, 0.717) is 10.8 Å². The number of hydrogen-bond acceptors (Lipinski definition) is 2. The van der Waals surface area contributed by atoms with Gasteiger partial charge in [-0.3, -0.25) is 0 Å². The van der Waals surface area contributed by atoms with Gasteiger partial charge in [0.2, 0.25) is 0 Å². The summed E-state index contributed by atoms with van der Waals surface area (Å²) in [4.78, 5) is 3.94. The summed E-state index contributed by atoms with van der Waals surface area (Å²) in [6.07, 6.45) is 0. The van der Waals surface area contributed by atoms with Crippen LogP contribution in [0.4, 0.5) is 0 Å². The second-order valence-electron chi connectivity index (χ2n) is 2.78. The molecule has 0 bridgehead atoms. The Labute approximate surface area is 94.3 Å². The molecular formula is C10H4BrClN2. The molecule has 0 unspecified atom stereocenters. The van der Waals surface area contributed by atoms with Gasteiger partial charge in [0.05, 0.1) is 0 Å². The standard InChI is InChI=1S/C10H4BrClN2/c11-7-2-1-6-3-8(5-13)14-10(12)9(6)4-7/h1-4H. The van der Waals surface area contributed by atoms with Crippen LogP contribution >= 0.6 is 27.5 Å². The zero-order chi connectivity index (χ0) is 10.1. The predicted molar refractivity (Wildman–Crippen MR) is 59.2 cm³/mol. The van der Waals surface area contributed by atoms with Crippen molar-refractivity contribution in [2.24, 2.45) is 0 Å². The quantitative estimate of drug-likeness (QED) is 0.685. The third kappa shape index (κ3) is 1.59. The van der Waals surface area contributed by atoms with Crippen LogP contribution in [0.2, 0.25) is 5.15 Å². The molecule has 0 fully saturated rings. The van der Waals surface area contributed by atoms with Gasteiger partial charge in [0.15, 0.2) is 0 Å². The molecule has 14 heavy (non-hydrogen) atoms. The van der Waals surface area contributed by atoms with E-state index in [2.05, 4.69) is 20.9 Å². The summed E-state index contributed by atoms with van der Waals surface area (Å²) in [7, 11) is 0. The zero-order valence-electron chi connectivity index (χ0n) is 6.96. The maximum Gasteiger partial charge on any atom is 0.142 e. The Morgan fingerprint density at radius 3 is 2.86 bits per heavy atom. The monoisotopic (exact) mass is 266 g/mol. The van der Waals surface area contributed by atoms with Crippen LogP contribution in [0.1, 0.15) is 5.69 Å². The molecule has 0 atom stereocenters. The molecule has 0 aliphatic carbocycles. The van der Waals surface area contributed by atoms with Crippen molar-refractivity contribution in [3.8, 4) is 6.07 Å². The Hall–Kier alpha value is -1.11. The van der Waals surface area contributed by atoms with Crippen LogP contribution in [-0.2, 0) is 0 Å². The number of aromatic nitrogens is 1. The molecule has 2 rings (SSSR count). The van der Waals surface area contributed by atoms with Crippen molar-refractivity contribution in [3.05, 3.63) is 39.6 Å². The van der Waals surface area contributed by atoms with Gasteiger partial charge in [-0.1, -0.05) is 33.6 Å². The number of fused-ring (bicyclic) bond motifs is 1. The summed E-state index contributed by atoms with van der Waals surface area (Å²) in [5.41, 5.74) is 0.338. The third-order valence-corrected chi connectivity index (χ3v) is 2.64. The molecular weight excluding hydrogens is 263 g/mol. The highest BCUT2D eigenvalue weighted by Crippen LogP contribution is 2.25. The first kappa shape index (κ1) is 9.45. The van der Waals surface area contributed by atoms with Gasteiger partial charge in [-0.25, -0.2) is 4.98 Å². The second-order valence-corrected chi connectivity index (χ2v) is 4.05. The molecule has 0 amide bonds. The normalized spacial score (nSPS) is 10.1. The van der Waals surface area contributed by atoms with Crippen LogP contribution < -0.4 is 0 Å². The molecule has 68 valence electrons. The summed E-state index contributed by atoms with van der Waals surface area (Å²) in [5.74, 6) is 0. The number of benzene rings is 1. The summed E-state index contributed by atoms with van der Waals surface area (Å²) >= 11 is 9.28. The predicted octanol–water partition coefficient (Wildman–Crippen LogP) is 3.52. The molecule has 0 saturated carbocycles. The smallest absolute Gasteiger partial charge is 0.142 e. The molecule has 0 radical (unpaired) electrons. The van der Waals surface area contributed by atoms with Crippen molar-refractivity contribution in [1.82, 2.24) is 4.98 Å². The highest BCUT2D eigenvalue weighted by molar-refractivity contribution is 9.10. The van der Waals surface area contributed by atoms with E-state index in [-0.39, 0.29) is 0 Å². The van der Waals surface area contributed by atoms with Gasteiger partial charge in [-0.05, 0) is 23.6 Å². The summed E-state index contributed by atoms with van der Waals surface area (Å²) < 4.78 is 0.943. The van der Waals surface area contributed by atoms with Crippen molar-refractivity contribution in [2.75, 3.05) is 0 Å². The van der Waals surface area contributed by atoms with Crippen LogP contribution in [0.15, 0.2) is 28.7 Å². The van der Waals surface area contributed by atoms with E-state index in [1.165, 1.54) is 0 Å². The lowest BCUT2D eigenvalue weighted by atomic mass is 10.1. The second kappa shape index (κ2) is 3.56. The molecule has 0 N–H and O–H groups in total. The number of pyridine rings is 1. The van der Waals surface area contributed by atoms with Crippen molar-refractivity contribution < 1.29 is 0 Å². The maximum atomic E-state index is 8.70. The van der Waals surface area contributed by atoms with Crippen molar-refractivity contribution >= 4 is 38.3 Å². The van der Waals surface area contributed by atoms with Gasteiger partial charge >= 0.3 is 0 Å². The number of rotatable bonds is 0. The topological polar surface area (TPSA) is 36.7 Å². The highest BCUT2D eigenvalue weighted by atomic mass is 79.9. The van der Waals surface area contributed by atoms with Gasteiger partial charge in [-0.2, -0.15) is 5.26 Å². The largest absolute Gasteiger partial charge is 0.225 e. The van der Waals surface area contributed by atoms with E-state index >= 15 is 0 Å². The Balaban J connectivity index is 2.84. The van der Waals surface area contributed by atoms with Crippen molar-refractivity contribution in [2.45, 2.75) is 0 Å². The lowest BCUT2D eigenvalue weighted by Crippen LogP contribution is -1.85. The fraction of sp³-hybridized carbons (Fsp3) is 0. The van der Waals surface area contributed by atoms with Gasteiger partial charge in [0.25, 0.3) is 0 Å². The first-order valence-corrected chi connectivity index (χ1v) is 5.04. The number of nitrogens with zero attached hydrogens (tertiary/aromatic N) is 2. The molecule has 2 nitrogen and oxygen atoms in total. The first-order valence-electron chi connectivity index (χ1n) is 3.86. The minimum Gasteiger partial charge on any atom is -0.225 e. The van der Waals surface area contributed by atoms with E-state index in [1.807, 2.05) is 24.3 Å². The number of nitriles is 1. The van der Waals surface area contributed by atoms with E-state index < -0.39 is 0 Å². The molecule has 1 aromatic heterocycles. The minimum atomic E-state index is 0.338. The molecule has 0 saturated heterocycles. The van der Waals surface area contributed by atoms with Gasteiger partial charge in [0, 0.05) is 9.86 Å². The highest BCUT2D eigenvalue weighted by Gasteiger charge is 2.03.